The van der Waals surface area contributed by atoms with Crippen LogP contribution in [0.1, 0.15) is 5.56 Å². The largest absolute Gasteiger partial charge is 0.324 e. The molecule has 0 aromatic heterocycles. The molecular weight excluding hydrogens is 425 g/mol. The average Bonchev–Trinajstić information content (AvgIpc) is 2.74. The quantitative estimate of drug-likeness (QED) is 0.440. The van der Waals surface area contributed by atoms with Crippen molar-refractivity contribution >= 4 is 33.0 Å². The summed E-state index contributed by atoms with van der Waals surface area (Å²) >= 11 is 0. The number of nitro benzene ring substituents is 1. The highest BCUT2D eigenvalue weighted by Gasteiger charge is 2.27. The van der Waals surface area contributed by atoms with Crippen LogP contribution in [-0.4, -0.2) is 25.8 Å². The van der Waals surface area contributed by atoms with Crippen LogP contribution in [0.5, 0.6) is 0 Å². The lowest BCUT2D eigenvalue weighted by Gasteiger charge is -2.24. The van der Waals surface area contributed by atoms with Gasteiger partial charge >= 0.3 is 0 Å². The minimum atomic E-state index is -4.19. The van der Waals surface area contributed by atoms with Crippen molar-refractivity contribution in [3.63, 3.8) is 0 Å². The molecule has 0 unspecified atom stereocenters. The van der Waals surface area contributed by atoms with E-state index < -0.39 is 33.2 Å². The normalized spacial score (nSPS) is 11.0. The molecule has 0 fully saturated rings. The van der Waals surface area contributed by atoms with Gasteiger partial charge < -0.3 is 5.32 Å². The first-order valence-corrected chi connectivity index (χ1v) is 10.5. The summed E-state index contributed by atoms with van der Waals surface area (Å²) < 4.78 is 40.5. The van der Waals surface area contributed by atoms with Crippen LogP contribution < -0.4 is 9.62 Å². The van der Waals surface area contributed by atoms with Gasteiger partial charge in [-0.15, -0.1) is 0 Å². The number of rotatable bonds is 7. The van der Waals surface area contributed by atoms with Crippen molar-refractivity contribution in [1.29, 1.82) is 0 Å². The van der Waals surface area contributed by atoms with Gasteiger partial charge in [-0.2, -0.15) is 0 Å². The van der Waals surface area contributed by atoms with Gasteiger partial charge in [0.1, 0.15) is 12.4 Å². The van der Waals surface area contributed by atoms with Gasteiger partial charge in [0, 0.05) is 12.1 Å². The lowest BCUT2D eigenvalue weighted by atomic mass is 10.2. The number of nitrogens with one attached hydrogen (secondary N) is 1. The summed E-state index contributed by atoms with van der Waals surface area (Å²) in [6.45, 7) is 1.06. The molecule has 0 aliphatic heterocycles. The van der Waals surface area contributed by atoms with E-state index in [-0.39, 0.29) is 22.0 Å². The van der Waals surface area contributed by atoms with Gasteiger partial charge in [0.25, 0.3) is 15.7 Å². The summed E-state index contributed by atoms with van der Waals surface area (Å²) in [6.07, 6.45) is 0. The number of non-ortho nitro benzene ring substituents is 1. The maximum atomic E-state index is 13.3. The summed E-state index contributed by atoms with van der Waals surface area (Å²) in [5.74, 6) is -1.29. The first-order valence-electron chi connectivity index (χ1n) is 9.07. The Kier molecular flexibility index (Phi) is 6.30. The van der Waals surface area contributed by atoms with E-state index in [9.17, 15) is 27.7 Å². The van der Waals surface area contributed by atoms with Crippen LogP contribution in [0.4, 0.5) is 21.5 Å². The maximum Gasteiger partial charge on any atom is 0.271 e. The number of carbonyl (C=O) groups is 1. The number of para-hydroxylation sites is 1. The topological polar surface area (TPSA) is 110 Å². The van der Waals surface area contributed by atoms with E-state index >= 15 is 0 Å². The number of aryl methyl sites for hydroxylation is 1. The summed E-state index contributed by atoms with van der Waals surface area (Å²) in [4.78, 5) is 22.9. The Bertz CT molecular complexity index is 1220. The fraction of sp³-hybridized carbons (Fsp3) is 0.0952. The molecule has 0 aliphatic carbocycles. The first kappa shape index (κ1) is 21.9. The molecular formula is C21H18FN3O5S. The van der Waals surface area contributed by atoms with Gasteiger partial charge in [-0.25, -0.2) is 12.8 Å². The number of nitro groups is 1. The van der Waals surface area contributed by atoms with Crippen molar-refractivity contribution in [2.75, 3.05) is 16.2 Å². The fourth-order valence-corrected chi connectivity index (χ4v) is 4.24. The number of anilines is 2. The van der Waals surface area contributed by atoms with Crippen LogP contribution in [0.15, 0.2) is 77.7 Å². The Morgan fingerprint density at radius 2 is 1.71 bits per heavy atom. The van der Waals surface area contributed by atoms with E-state index in [4.69, 9.17) is 0 Å². The highest BCUT2D eigenvalue weighted by atomic mass is 32.2. The molecule has 3 aromatic rings. The van der Waals surface area contributed by atoms with Crippen LogP contribution in [0.2, 0.25) is 0 Å². The van der Waals surface area contributed by atoms with Crippen molar-refractivity contribution in [2.24, 2.45) is 0 Å². The summed E-state index contributed by atoms with van der Waals surface area (Å²) in [5, 5.41) is 13.5. The number of amides is 1. The van der Waals surface area contributed by atoms with E-state index in [2.05, 4.69) is 5.32 Å². The predicted molar refractivity (Wildman–Crippen MR) is 114 cm³/mol. The zero-order valence-electron chi connectivity index (χ0n) is 16.4. The third-order valence-electron chi connectivity index (χ3n) is 4.44. The second kappa shape index (κ2) is 8.92. The molecule has 1 N–H and O–H groups in total. The molecule has 10 heteroatoms. The van der Waals surface area contributed by atoms with Gasteiger partial charge in [-0.1, -0.05) is 24.3 Å². The lowest BCUT2D eigenvalue weighted by molar-refractivity contribution is -0.384. The van der Waals surface area contributed by atoms with E-state index in [1.54, 1.807) is 25.1 Å². The second-order valence-corrected chi connectivity index (χ2v) is 8.47. The first-order chi connectivity index (χ1) is 14.7. The third-order valence-corrected chi connectivity index (χ3v) is 6.23. The van der Waals surface area contributed by atoms with Crippen LogP contribution in [0.3, 0.4) is 0 Å². The Morgan fingerprint density at radius 3 is 2.32 bits per heavy atom. The van der Waals surface area contributed by atoms with Gasteiger partial charge in [0.05, 0.1) is 21.2 Å². The number of nitrogens with zero attached hydrogens (tertiary/aromatic N) is 2. The predicted octanol–water partition coefficient (Wildman–Crippen LogP) is 3.88. The van der Waals surface area contributed by atoms with Crippen LogP contribution >= 0.6 is 0 Å². The third kappa shape index (κ3) is 5.04. The minimum Gasteiger partial charge on any atom is -0.324 e. The number of carbonyl (C=O) groups excluding carboxylic acids is 1. The number of benzene rings is 3. The van der Waals surface area contributed by atoms with Crippen molar-refractivity contribution < 1.29 is 22.5 Å². The smallest absolute Gasteiger partial charge is 0.271 e. The van der Waals surface area contributed by atoms with Crippen molar-refractivity contribution in [2.45, 2.75) is 11.8 Å². The molecule has 8 nitrogen and oxygen atoms in total. The second-order valence-electron chi connectivity index (χ2n) is 6.61. The maximum absolute atomic E-state index is 13.3. The van der Waals surface area contributed by atoms with E-state index in [0.717, 1.165) is 28.6 Å². The van der Waals surface area contributed by atoms with Crippen molar-refractivity contribution in [3.8, 4) is 0 Å². The molecule has 0 spiro atoms. The van der Waals surface area contributed by atoms with Crippen LogP contribution in [0.25, 0.3) is 0 Å². The molecule has 3 rings (SSSR count). The standard InChI is InChI=1S/C21H18FN3O5S/c1-15-7-10-18(25(27)28)13-20(15)23-21(26)14-24(17-5-3-2-4-6-17)31(29,30)19-11-8-16(22)9-12-19/h2-13H,14H2,1H3,(H,23,26). The average molecular weight is 443 g/mol. The summed E-state index contributed by atoms with van der Waals surface area (Å²) in [7, 11) is -4.19. The molecule has 0 radical (unpaired) electrons. The Hall–Kier alpha value is -3.79. The fourth-order valence-electron chi connectivity index (χ4n) is 2.82. The van der Waals surface area contributed by atoms with Gasteiger partial charge in [-0.05, 0) is 48.9 Å². The van der Waals surface area contributed by atoms with Gasteiger partial charge in [-0.3, -0.25) is 19.2 Å². The number of sulfonamides is 1. The highest BCUT2D eigenvalue weighted by Crippen LogP contribution is 2.25. The molecule has 0 atom stereocenters. The number of hydrogen-bond donors (Lipinski definition) is 1. The SMILES string of the molecule is Cc1ccc([N+](=O)[O-])cc1NC(=O)CN(c1ccccc1)S(=O)(=O)c1ccc(F)cc1. The van der Waals surface area contributed by atoms with Crippen molar-refractivity contribution in [1.82, 2.24) is 0 Å². The van der Waals surface area contributed by atoms with Crippen molar-refractivity contribution in [3.05, 3.63) is 94.3 Å². The summed E-state index contributed by atoms with van der Waals surface area (Å²) in [5.41, 5.74) is 0.801. The number of halogens is 1. The van der Waals surface area contributed by atoms with E-state index in [0.29, 0.717) is 5.56 Å². The molecule has 0 aliphatic rings. The molecule has 1 amide bonds. The Balaban J connectivity index is 1.93. The zero-order valence-corrected chi connectivity index (χ0v) is 17.2. The highest BCUT2D eigenvalue weighted by molar-refractivity contribution is 7.92. The molecule has 0 saturated carbocycles. The van der Waals surface area contributed by atoms with Crippen LogP contribution in [0, 0.1) is 22.9 Å². The Labute approximate surface area is 178 Å². The lowest BCUT2D eigenvalue weighted by Crippen LogP contribution is -2.38. The number of hydrogen-bond acceptors (Lipinski definition) is 5. The van der Waals surface area contributed by atoms with E-state index in [1.807, 2.05) is 0 Å². The van der Waals surface area contributed by atoms with Gasteiger partial charge in [0.2, 0.25) is 5.91 Å². The van der Waals surface area contributed by atoms with Gasteiger partial charge in [0.15, 0.2) is 0 Å². The monoisotopic (exact) mass is 443 g/mol. The van der Waals surface area contributed by atoms with E-state index in [1.165, 1.54) is 30.3 Å². The molecule has 0 bridgehead atoms. The molecule has 31 heavy (non-hydrogen) atoms. The van der Waals surface area contributed by atoms with Crippen LogP contribution in [-0.2, 0) is 14.8 Å². The molecule has 0 heterocycles. The summed E-state index contributed by atoms with van der Waals surface area (Å²) in [6, 6.07) is 16.2. The molecule has 3 aromatic carbocycles. The minimum absolute atomic E-state index is 0.183. The zero-order chi connectivity index (χ0) is 22.6. The molecule has 0 saturated heterocycles. The Morgan fingerprint density at radius 1 is 1.06 bits per heavy atom. The molecule has 160 valence electrons.